The van der Waals surface area contributed by atoms with E-state index in [4.69, 9.17) is 4.98 Å². The molecular formula is C19H30N4O. The van der Waals surface area contributed by atoms with Crippen LogP contribution in [-0.4, -0.2) is 58.5 Å². The minimum atomic E-state index is -0.252. The number of carbonyl (C=O) groups excluding carboxylic acids is 1. The summed E-state index contributed by atoms with van der Waals surface area (Å²) in [5, 5.41) is 0. The van der Waals surface area contributed by atoms with Gasteiger partial charge in [-0.15, -0.1) is 0 Å². The molecule has 3 aliphatic rings. The van der Waals surface area contributed by atoms with Gasteiger partial charge < -0.3 is 14.4 Å². The van der Waals surface area contributed by atoms with Gasteiger partial charge in [0.1, 0.15) is 0 Å². The molecule has 4 rings (SSSR count). The molecule has 0 aromatic carbocycles. The molecule has 1 aromatic rings. The second-order valence-corrected chi connectivity index (χ2v) is 8.52. The van der Waals surface area contributed by atoms with Crippen LogP contribution in [0.4, 0.5) is 0 Å². The molecule has 1 amide bonds. The Balaban J connectivity index is 1.65. The van der Waals surface area contributed by atoms with Crippen molar-refractivity contribution >= 4 is 5.91 Å². The Bertz CT molecular complexity index is 621. The van der Waals surface area contributed by atoms with Gasteiger partial charge in [0.2, 0.25) is 5.91 Å². The van der Waals surface area contributed by atoms with Crippen molar-refractivity contribution in [3.8, 4) is 0 Å². The first-order valence-corrected chi connectivity index (χ1v) is 9.51. The average molecular weight is 330 g/mol. The van der Waals surface area contributed by atoms with Crippen LogP contribution < -0.4 is 0 Å². The van der Waals surface area contributed by atoms with Gasteiger partial charge in [-0.05, 0) is 45.4 Å². The van der Waals surface area contributed by atoms with E-state index in [9.17, 15) is 4.79 Å². The van der Waals surface area contributed by atoms with Crippen LogP contribution in [0.1, 0.15) is 57.2 Å². The van der Waals surface area contributed by atoms with Crippen LogP contribution in [0.5, 0.6) is 0 Å². The second-order valence-electron chi connectivity index (χ2n) is 8.52. The molecule has 3 heterocycles. The number of rotatable bonds is 4. The average Bonchev–Trinajstić information content (AvgIpc) is 3.09. The van der Waals surface area contributed by atoms with Crippen molar-refractivity contribution in [2.75, 3.05) is 33.2 Å². The van der Waals surface area contributed by atoms with Crippen molar-refractivity contribution in [3.63, 3.8) is 0 Å². The number of likely N-dealkylation sites (tertiary alicyclic amines) is 2. The molecule has 2 saturated heterocycles. The second kappa shape index (κ2) is 5.87. The predicted molar refractivity (Wildman–Crippen MR) is 93.8 cm³/mol. The third kappa shape index (κ3) is 2.67. The van der Waals surface area contributed by atoms with E-state index < -0.39 is 0 Å². The van der Waals surface area contributed by atoms with E-state index in [1.807, 2.05) is 18.3 Å². The Kier molecular flexibility index (Phi) is 3.94. The van der Waals surface area contributed by atoms with Gasteiger partial charge in [0.05, 0.1) is 17.4 Å². The summed E-state index contributed by atoms with van der Waals surface area (Å²) in [4.78, 5) is 22.4. The fourth-order valence-corrected chi connectivity index (χ4v) is 4.69. The lowest BCUT2D eigenvalue weighted by Gasteiger charge is -2.40. The number of carbonyl (C=O) groups is 1. The number of aromatic nitrogens is 2. The van der Waals surface area contributed by atoms with Crippen molar-refractivity contribution < 1.29 is 4.79 Å². The summed E-state index contributed by atoms with van der Waals surface area (Å²) in [5.41, 5.74) is 0.864. The van der Waals surface area contributed by atoms with Crippen LogP contribution in [0, 0.1) is 11.3 Å². The first kappa shape index (κ1) is 16.1. The fraction of sp³-hybridized carbons (Fsp3) is 0.789. The lowest BCUT2D eigenvalue weighted by Crippen LogP contribution is -2.50. The summed E-state index contributed by atoms with van der Waals surface area (Å²) >= 11 is 0. The Hall–Kier alpha value is -1.36. The van der Waals surface area contributed by atoms with Gasteiger partial charge >= 0.3 is 0 Å². The Morgan fingerprint density at radius 3 is 2.83 bits per heavy atom. The van der Waals surface area contributed by atoms with E-state index in [0.717, 1.165) is 44.1 Å². The Morgan fingerprint density at radius 1 is 1.38 bits per heavy atom. The van der Waals surface area contributed by atoms with Crippen molar-refractivity contribution in [2.45, 2.75) is 51.5 Å². The zero-order chi connectivity index (χ0) is 16.9. The van der Waals surface area contributed by atoms with Crippen molar-refractivity contribution in [1.29, 1.82) is 0 Å². The number of amides is 1. The first-order chi connectivity index (χ1) is 11.5. The van der Waals surface area contributed by atoms with Gasteiger partial charge in [-0.25, -0.2) is 4.98 Å². The highest BCUT2D eigenvalue weighted by atomic mass is 16.2. The zero-order valence-electron chi connectivity index (χ0n) is 15.2. The third-order valence-corrected chi connectivity index (χ3v) is 6.29. The van der Waals surface area contributed by atoms with Gasteiger partial charge in [-0.1, -0.05) is 0 Å². The lowest BCUT2D eigenvalue weighted by molar-refractivity contribution is -0.145. The minimum Gasteiger partial charge on any atom is -0.345 e. The smallest absolute Gasteiger partial charge is 0.230 e. The Labute approximate surface area is 145 Å². The topological polar surface area (TPSA) is 41.4 Å². The van der Waals surface area contributed by atoms with Crippen LogP contribution in [0.2, 0.25) is 0 Å². The molecule has 2 atom stereocenters. The molecule has 0 unspecified atom stereocenters. The summed E-state index contributed by atoms with van der Waals surface area (Å²) < 4.78 is 2.17. The zero-order valence-corrected chi connectivity index (χ0v) is 15.2. The SMILES string of the molecule is CC(C)n1cnc([C@H]2CN(CC3CC3)C[C@]23CCCN(C)C3=O)c1. The van der Waals surface area contributed by atoms with Crippen LogP contribution in [0.15, 0.2) is 12.5 Å². The van der Waals surface area contributed by atoms with Gasteiger partial charge in [0.15, 0.2) is 0 Å². The number of hydrogen-bond donors (Lipinski definition) is 0. The summed E-state index contributed by atoms with van der Waals surface area (Å²) in [7, 11) is 1.97. The summed E-state index contributed by atoms with van der Waals surface area (Å²) in [6.45, 7) is 8.33. The van der Waals surface area contributed by atoms with E-state index >= 15 is 0 Å². The molecule has 1 aliphatic carbocycles. The fourth-order valence-electron chi connectivity index (χ4n) is 4.69. The number of imidazole rings is 1. The van der Waals surface area contributed by atoms with Crippen molar-refractivity contribution in [3.05, 3.63) is 18.2 Å². The van der Waals surface area contributed by atoms with Crippen LogP contribution in [0.3, 0.4) is 0 Å². The lowest BCUT2D eigenvalue weighted by atomic mass is 9.70. The molecule has 132 valence electrons. The van der Waals surface area contributed by atoms with Gasteiger partial charge in [0, 0.05) is 51.4 Å². The van der Waals surface area contributed by atoms with E-state index in [-0.39, 0.29) is 11.3 Å². The molecule has 1 saturated carbocycles. The summed E-state index contributed by atoms with van der Waals surface area (Å²) in [5.74, 6) is 1.45. The molecule has 0 radical (unpaired) electrons. The van der Waals surface area contributed by atoms with Crippen molar-refractivity contribution in [2.24, 2.45) is 11.3 Å². The standard InChI is InChI=1S/C19H30N4O/c1-14(2)23-11-17(20-13-23)16-10-22(9-15-5-6-15)12-19(16)7-4-8-21(3)18(19)24/h11,13-16H,4-10,12H2,1-3H3/t16-,19-/m1/s1. The first-order valence-electron chi connectivity index (χ1n) is 9.51. The van der Waals surface area contributed by atoms with Gasteiger partial charge in [-0.2, -0.15) is 0 Å². The quantitative estimate of drug-likeness (QED) is 0.852. The highest BCUT2D eigenvalue weighted by Crippen LogP contribution is 2.49. The van der Waals surface area contributed by atoms with Crippen LogP contribution >= 0.6 is 0 Å². The minimum absolute atomic E-state index is 0.242. The summed E-state index contributed by atoms with van der Waals surface area (Å²) in [6.07, 6.45) is 8.97. The van der Waals surface area contributed by atoms with E-state index in [0.29, 0.717) is 11.9 Å². The van der Waals surface area contributed by atoms with Gasteiger partial charge in [0.25, 0.3) is 0 Å². The molecular weight excluding hydrogens is 300 g/mol. The monoisotopic (exact) mass is 330 g/mol. The predicted octanol–water partition coefficient (Wildman–Crippen LogP) is 2.51. The molecule has 5 nitrogen and oxygen atoms in total. The molecule has 0 bridgehead atoms. The number of piperidine rings is 1. The van der Waals surface area contributed by atoms with Crippen molar-refractivity contribution in [1.82, 2.24) is 19.4 Å². The highest BCUT2D eigenvalue weighted by Gasteiger charge is 2.55. The maximum atomic E-state index is 13.2. The third-order valence-electron chi connectivity index (χ3n) is 6.29. The molecule has 5 heteroatoms. The molecule has 24 heavy (non-hydrogen) atoms. The van der Waals surface area contributed by atoms with Crippen LogP contribution in [-0.2, 0) is 4.79 Å². The Morgan fingerprint density at radius 2 is 2.17 bits per heavy atom. The molecule has 0 N–H and O–H groups in total. The molecule has 1 spiro atoms. The molecule has 3 fully saturated rings. The highest BCUT2D eigenvalue weighted by molar-refractivity contribution is 5.85. The van der Waals surface area contributed by atoms with E-state index in [1.165, 1.54) is 19.4 Å². The normalized spacial score (nSPS) is 31.6. The maximum Gasteiger partial charge on any atom is 0.230 e. The van der Waals surface area contributed by atoms with E-state index in [2.05, 4.69) is 29.5 Å². The number of hydrogen-bond acceptors (Lipinski definition) is 3. The maximum absolute atomic E-state index is 13.2. The summed E-state index contributed by atoms with van der Waals surface area (Å²) in [6, 6.07) is 0.413. The van der Waals surface area contributed by atoms with E-state index in [1.54, 1.807) is 0 Å². The molecule has 1 aromatic heterocycles. The number of nitrogens with zero attached hydrogens (tertiary/aromatic N) is 4. The largest absolute Gasteiger partial charge is 0.345 e. The van der Waals surface area contributed by atoms with Crippen LogP contribution in [0.25, 0.3) is 0 Å². The van der Waals surface area contributed by atoms with Gasteiger partial charge in [-0.3, -0.25) is 4.79 Å². The molecule has 2 aliphatic heterocycles.